The zero-order chi connectivity index (χ0) is 14.8. The topological polar surface area (TPSA) is 48.7 Å². The predicted octanol–water partition coefficient (Wildman–Crippen LogP) is 5.11. The van der Waals surface area contributed by atoms with E-state index in [1.165, 1.54) is 0 Å². The highest BCUT2D eigenvalue weighted by atomic mass is 127. The van der Waals surface area contributed by atoms with Gasteiger partial charge in [0.2, 0.25) is 0 Å². The number of benzene rings is 2. The van der Waals surface area contributed by atoms with Crippen LogP contribution >= 0.6 is 34.2 Å². The van der Waals surface area contributed by atoms with Gasteiger partial charge in [-0.25, -0.2) is 0 Å². The third-order valence-electron chi connectivity index (χ3n) is 3.09. The van der Waals surface area contributed by atoms with Gasteiger partial charge in [-0.3, -0.25) is 4.98 Å². The van der Waals surface area contributed by atoms with Crippen LogP contribution in [-0.2, 0) is 0 Å². The van der Waals surface area contributed by atoms with Crippen LogP contribution in [0.2, 0.25) is 5.02 Å². The van der Waals surface area contributed by atoms with Crippen LogP contribution in [-0.4, -0.2) is 4.98 Å². The highest BCUT2D eigenvalue weighted by Crippen LogP contribution is 2.31. The summed E-state index contributed by atoms with van der Waals surface area (Å²) >= 11 is 8.19. The second-order valence-electron chi connectivity index (χ2n) is 4.42. The maximum absolute atomic E-state index is 9.32. The van der Waals surface area contributed by atoms with E-state index in [0.29, 0.717) is 10.6 Å². The molecule has 0 saturated heterocycles. The van der Waals surface area contributed by atoms with E-state index in [9.17, 15) is 5.26 Å². The van der Waals surface area contributed by atoms with Crippen molar-refractivity contribution < 1.29 is 0 Å². The number of hydrogen-bond acceptors (Lipinski definition) is 3. The molecule has 0 aliphatic carbocycles. The highest BCUT2D eigenvalue weighted by Gasteiger charge is 2.10. The average molecular weight is 406 g/mol. The van der Waals surface area contributed by atoms with Crippen LogP contribution in [0.25, 0.3) is 10.9 Å². The number of fused-ring (bicyclic) bond motifs is 1. The van der Waals surface area contributed by atoms with E-state index in [0.717, 1.165) is 25.8 Å². The van der Waals surface area contributed by atoms with Crippen molar-refractivity contribution in [3.63, 3.8) is 0 Å². The number of rotatable bonds is 2. The monoisotopic (exact) mass is 405 g/mol. The molecule has 0 radical (unpaired) electrons. The predicted molar refractivity (Wildman–Crippen MR) is 93.9 cm³/mol. The molecule has 1 heterocycles. The molecule has 0 fully saturated rings. The van der Waals surface area contributed by atoms with Crippen LogP contribution in [0.1, 0.15) is 5.56 Å². The lowest BCUT2D eigenvalue weighted by atomic mass is 10.1. The van der Waals surface area contributed by atoms with Gasteiger partial charge in [-0.2, -0.15) is 5.26 Å². The Labute approximate surface area is 140 Å². The van der Waals surface area contributed by atoms with Gasteiger partial charge >= 0.3 is 0 Å². The third-order valence-corrected chi connectivity index (χ3v) is 4.21. The zero-order valence-electron chi connectivity index (χ0n) is 10.8. The Morgan fingerprint density at radius 2 is 2.00 bits per heavy atom. The Balaban J connectivity index is 2.17. The zero-order valence-corrected chi connectivity index (χ0v) is 13.7. The molecule has 0 unspecified atom stereocenters. The molecule has 0 aliphatic heterocycles. The van der Waals surface area contributed by atoms with E-state index in [4.69, 9.17) is 11.6 Å². The van der Waals surface area contributed by atoms with Crippen LogP contribution in [0, 0.1) is 14.9 Å². The van der Waals surface area contributed by atoms with Crippen molar-refractivity contribution in [1.82, 2.24) is 4.98 Å². The van der Waals surface area contributed by atoms with E-state index >= 15 is 0 Å². The molecule has 2 aromatic carbocycles. The number of nitriles is 1. The van der Waals surface area contributed by atoms with E-state index < -0.39 is 0 Å². The Bertz CT molecular complexity index is 871. The van der Waals surface area contributed by atoms with E-state index in [1.54, 1.807) is 6.20 Å². The van der Waals surface area contributed by atoms with E-state index in [1.807, 2.05) is 42.5 Å². The smallest absolute Gasteiger partial charge is 0.103 e. The Morgan fingerprint density at radius 1 is 1.19 bits per heavy atom. The molecule has 0 aliphatic rings. The molecule has 102 valence electrons. The first-order chi connectivity index (χ1) is 10.2. The summed E-state index contributed by atoms with van der Waals surface area (Å²) in [6, 6.07) is 15.5. The number of anilines is 2. The number of hydrogen-bond donors (Lipinski definition) is 1. The first kappa shape index (κ1) is 14.1. The van der Waals surface area contributed by atoms with Crippen molar-refractivity contribution in [2.24, 2.45) is 0 Å². The molecule has 3 aromatic rings. The molecular weight excluding hydrogens is 397 g/mol. The first-order valence-electron chi connectivity index (χ1n) is 6.19. The van der Waals surface area contributed by atoms with Crippen molar-refractivity contribution in [1.29, 1.82) is 5.26 Å². The Kier molecular flexibility index (Phi) is 3.95. The van der Waals surface area contributed by atoms with Gasteiger partial charge in [-0.15, -0.1) is 0 Å². The summed E-state index contributed by atoms with van der Waals surface area (Å²) in [6.45, 7) is 0. The second kappa shape index (κ2) is 5.88. The molecule has 5 heteroatoms. The molecule has 0 saturated carbocycles. The minimum atomic E-state index is 0.513. The van der Waals surface area contributed by atoms with Crippen molar-refractivity contribution in [2.75, 3.05) is 5.32 Å². The Morgan fingerprint density at radius 3 is 2.76 bits per heavy atom. The summed E-state index contributed by atoms with van der Waals surface area (Å²) in [7, 11) is 0. The second-order valence-corrected chi connectivity index (χ2v) is 6.02. The lowest BCUT2D eigenvalue weighted by Gasteiger charge is -2.13. The van der Waals surface area contributed by atoms with Gasteiger partial charge < -0.3 is 5.32 Å². The standard InChI is InChI=1S/C16H9ClIN3/c17-11-5-6-15(13(18)7-11)21-16-10(8-19)9-20-14-4-2-1-3-12(14)16/h1-7,9H,(H,20,21). The highest BCUT2D eigenvalue weighted by molar-refractivity contribution is 14.1. The lowest BCUT2D eigenvalue weighted by molar-refractivity contribution is 1.36. The molecule has 3 nitrogen and oxygen atoms in total. The fourth-order valence-electron chi connectivity index (χ4n) is 2.09. The first-order valence-corrected chi connectivity index (χ1v) is 7.64. The van der Waals surface area contributed by atoms with Gasteiger partial charge in [0.05, 0.1) is 22.5 Å². The molecule has 0 amide bonds. The van der Waals surface area contributed by atoms with Gasteiger partial charge in [0.25, 0.3) is 0 Å². The summed E-state index contributed by atoms with van der Waals surface area (Å²) < 4.78 is 0.991. The van der Waals surface area contributed by atoms with Crippen LogP contribution in [0.5, 0.6) is 0 Å². The summed E-state index contributed by atoms with van der Waals surface area (Å²) in [5.41, 5.74) is 3.04. The summed E-state index contributed by atoms with van der Waals surface area (Å²) in [5, 5.41) is 14.3. The number of nitrogens with zero attached hydrogens (tertiary/aromatic N) is 2. The van der Waals surface area contributed by atoms with Gasteiger partial charge in [0.1, 0.15) is 6.07 Å². The molecule has 0 spiro atoms. The number of pyridine rings is 1. The van der Waals surface area contributed by atoms with Crippen molar-refractivity contribution in [3.05, 3.63) is 62.8 Å². The van der Waals surface area contributed by atoms with Gasteiger partial charge in [0.15, 0.2) is 0 Å². The molecule has 3 rings (SSSR count). The van der Waals surface area contributed by atoms with Crippen LogP contribution in [0.3, 0.4) is 0 Å². The molecule has 1 aromatic heterocycles. The summed E-state index contributed by atoms with van der Waals surface area (Å²) in [6.07, 6.45) is 1.59. The van der Waals surface area contributed by atoms with Crippen molar-refractivity contribution >= 4 is 56.5 Å². The summed E-state index contributed by atoms with van der Waals surface area (Å²) in [5.74, 6) is 0. The fraction of sp³-hybridized carbons (Fsp3) is 0. The lowest BCUT2D eigenvalue weighted by Crippen LogP contribution is -1.98. The number of nitrogens with one attached hydrogen (secondary N) is 1. The van der Waals surface area contributed by atoms with Crippen molar-refractivity contribution in [2.45, 2.75) is 0 Å². The minimum Gasteiger partial charge on any atom is -0.353 e. The Hall–Kier alpha value is -1.84. The quantitative estimate of drug-likeness (QED) is 0.603. The average Bonchev–Trinajstić information content (AvgIpc) is 2.50. The van der Waals surface area contributed by atoms with E-state index in [-0.39, 0.29) is 0 Å². The molecule has 0 bridgehead atoms. The van der Waals surface area contributed by atoms with E-state index in [2.05, 4.69) is 39.0 Å². The van der Waals surface area contributed by atoms with Crippen LogP contribution < -0.4 is 5.32 Å². The molecule has 0 atom stereocenters. The number of halogens is 2. The van der Waals surface area contributed by atoms with Gasteiger partial charge in [-0.05, 0) is 46.9 Å². The largest absolute Gasteiger partial charge is 0.353 e. The number of aromatic nitrogens is 1. The maximum atomic E-state index is 9.32. The minimum absolute atomic E-state index is 0.513. The maximum Gasteiger partial charge on any atom is 0.103 e. The molecule has 1 N–H and O–H groups in total. The van der Waals surface area contributed by atoms with Crippen LogP contribution in [0.4, 0.5) is 11.4 Å². The third kappa shape index (κ3) is 2.80. The molecular formula is C16H9ClIN3. The fourth-order valence-corrected chi connectivity index (χ4v) is 3.09. The van der Waals surface area contributed by atoms with Gasteiger partial charge in [0, 0.05) is 20.2 Å². The SMILES string of the molecule is N#Cc1cnc2ccccc2c1Nc1ccc(Cl)cc1I. The number of para-hydroxylation sites is 1. The summed E-state index contributed by atoms with van der Waals surface area (Å²) in [4.78, 5) is 4.31. The van der Waals surface area contributed by atoms with Crippen molar-refractivity contribution in [3.8, 4) is 6.07 Å². The van der Waals surface area contributed by atoms with Gasteiger partial charge in [-0.1, -0.05) is 29.8 Å². The molecule has 21 heavy (non-hydrogen) atoms. The van der Waals surface area contributed by atoms with Crippen LogP contribution in [0.15, 0.2) is 48.7 Å². The normalized spacial score (nSPS) is 10.3.